The molecule has 0 saturated carbocycles. The number of carbonyl (C=O) groups is 2. The van der Waals surface area contributed by atoms with Gasteiger partial charge in [0.05, 0.1) is 11.0 Å². The number of carbonyl (C=O) groups excluding carboxylic acids is 2. The molecule has 0 radical (unpaired) electrons. The van der Waals surface area contributed by atoms with E-state index < -0.39 is 5.91 Å². The zero-order valence-electron chi connectivity index (χ0n) is 13.3. The molecule has 24 heavy (non-hydrogen) atoms. The number of hydrogen-bond donors (Lipinski definition) is 2. The monoisotopic (exact) mass is 382 g/mol. The van der Waals surface area contributed by atoms with E-state index in [-0.39, 0.29) is 16.9 Å². The molecule has 9 heteroatoms. The number of hydrogen-bond acceptors (Lipinski definition) is 7. The second kappa shape index (κ2) is 9.05. The van der Waals surface area contributed by atoms with Gasteiger partial charge in [-0.05, 0) is 19.4 Å². The van der Waals surface area contributed by atoms with Crippen LogP contribution >= 0.6 is 34.9 Å². The SMILES string of the molecule is Cc1ccc(CNC(=O)[C@H](C)Sc2nnc(SCC(N)=O)s2)cc1. The summed E-state index contributed by atoms with van der Waals surface area (Å²) in [5.74, 6) is -0.276. The molecule has 1 heterocycles. The Hall–Kier alpha value is -1.58. The lowest BCUT2D eigenvalue weighted by Gasteiger charge is -2.10. The Morgan fingerprint density at radius 1 is 1.25 bits per heavy atom. The molecular formula is C15H18N4O2S3. The van der Waals surface area contributed by atoms with E-state index in [1.165, 1.54) is 40.4 Å². The van der Waals surface area contributed by atoms with E-state index in [1.54, 1.807) is 0 Å². The zero-order chi connectivity index (χ0) is 17.5. The zero-order valence-corrected chi connectivity index (χ0v) is 15.8. The van der Waals surface area contributed by atoms with Crippen LogP contribution in [0.1, 0.15) is 18.1 Å². The normalized spacial score (nSPS) is 11.9. The molecular weight excluding hydrogens is 364 g/mol. The van der Waals surface area contributed by atoms with E-state index in [0.29, 0.717) is 15.2 Å². The van der Waals surface area contributed by atoms with Gasteiger partial charge in [-0.2, -0.15) is 0 Å². The number of aryl methyl sites for hydroxylation is 1. The van der Waals surface area contributed by atoms with Crippen LogP contribution in [0.3, 0.4) is 0 Å². The molecule has 2 rings (SSSR count). The Balaban J connectivity index is 1.80. The molecule has 0 spiro atoms. The van der Waals surface area contributed by atoms with E-state index in [2.05, 4.69) is 15.5 Å². The summed E-state index contributed by atoms with van der Waals surface area (Å²) in [5, 5.41) is 10.6. The van der Waals surface area contributed by atoms with Crippen LogP contribution in [-0.2, 0) is 16.1 Å². The predicted octanol–water partition coefficient (Wildman–Crippen LogP) is 2.22. The van der Waals surface area contributed by atoms with Crippen LogP contribution in [0.25, 0.3) is 0 Å². The number of amides is 2. The van der Waals surface area contributed by atoms with Crippen molar-refractivity contribution < 1.29 is 9.59 Å². The minimum absolute atomic E-state index is 0.0536. The lowest BCUT2D eigenvalue weighted by atomic mass is 10.1. The summed E-state index contributed by atoms with van der Waals surface area (Å²) in [5.41, 5.74) is 7.35. The second-order valence-corrected chi connectivity index (χ2v) is 8.84. The van der Waals surface area contributed by atoms with Crippen molar-refractivity contribution in [1.29, 1.82) is 0 Å². The molecule has 128 valence electrons. The lowest BCUT2D eigenvalue weighted by molar-refractivity contribution is -0.120. The summed E-state index contributed by atoms with van der Waals surface area (Å²) >= 11 is 3.95. The first kappa shape index (κ1) is 18.8. The number of nitrogens with one attached hydrogen (secondary N) is 1. The topological polar surface area (TPSA) is 98.0 Å². The summed E-state index contributed by atoms with van der Waals surface area (Å²) in [4.78, 5) is 22.9. The smallest absolute Gasteiger partial charge is 0.233 e. The van der Waals surface area contributed by atoms with Gasteiger partial charge in [0.2, 0.25) is 11.8 Å². The molecule has 1 aromatic heterocycles. The third kappa shape index (κ3) is 6.14. The van der Waals surface area contributed by atoms with Crippen LogP contribution < -0.4 is 11.1 Å². The number of thioether (sulfide) groups is 2. The summed E-state index contributed by atoms with van der Waals surface area (Å²) in [7, 11) is 0. The van der Waals surface area contributed by atoms with Crippen LogP contribution in [-0.4, -0.2) is 33.0 Å². The quantitative estimate of drug-likeness (QED) is 0.680. The largest absolute Gasteiger partial charge is 0.369 e. The van der Waals surface area contributed by atoms with Crippen LogP contribution in [0, 0.1) is 6.92 Å². The molecule has 0 aliphatic heterocycles. The Labute approximate surface area is 153 Å². The summed E-state index contributed by atoms with van der Waals surface area (Å²) in [6.45, 7) is 4.35. The molecule has 3 N–H and O–H groups in total. The first-order chi connectivity index (χ1) is 11.4. The van der Waals surface area contributed by atoms with Gasteiger partial charge in [-0.1, -0.05) is 64.7 Å². The minimum Gasteiger partial charge on any atom is -0.369 e. The molecule has 0 bridgehead atoms. The van der Waals surface area contributed by atoms with Crippen molar-refractivity contribution in [3.8, 4) is 0 Å². The molecule has 1 atom stereocenters. The number of aromatic nitrogens is 2. The molecule has 0 unspecified atom stereocenters. The highest BCUT2D eigenvalue weighted by Gasteiger charge is 2.17. The maximum absolute atomic E-state index is 12.2. The highest BCUT2D eigenvalue weighted by atomic mass is 32.2. The van der Waals surface area contributed by atoms with Crippen LogP contribution in [0.4, 0.5) is 0 Å². The van der Waals surface area contributed by atoms with Crippen molar-refractivity contribution in [2.45, 2.75) is 34.3 Å². The molecule has 0 aliphatic rings. The Morgan fingerprint density at radius 3 is 2.58 bits per heavy atom. The summed E-state index contributed by atoms with van der Waals surface area (Å²) in [6, 6.07) is 8.04. The van der Waals surface area contributed by atoms with E-state index in [1.807, 2.05) is 38.1 Å². The van der Waals surface area contributed by atoms with E-state index in [9.17, 15) is 9.59 Å². The third-order valence-corrected chi connectivity index (χ3v) is 6.22. The molecule has 2 aromatic rings. The van der Waals surface area contributed by atoms with Crippen molar-refractivity contribution in [2.75, 3.05) is 5.75 Å². The maximum Gasteiger partial charge on any atom is 0.233 e. The molecule has 0 aliphatic carbocycles. The van der Waals surface area contributed by atoms with Gasteiger partial charge in [-0.3, -0.25) is 9.59 Å². The Bertz CT molecular complexity index is 703. The highest BCUT2D eigenvalue weighted by molar-refractivity contribution is 8.04. The first-order valence-electron chi connectivity index (χ1n) is 7.18. The fourth-order valence-electron chi connectivity index (χ4n) is 1.68. The Kier molecular flexibility index (Phi) is 7.07. The van der Waals surface area contributed by atoms with Gasteiger partial charge in [0.25, 0.3) is 0 Å². The number of nitrogens with two attached hydrogens (primary N) is 1. The highest BCUT2D eigenvalue weighted by Crippen LogP contribution is 2.31. The molecule has 6 nitrogen and oxygen atoms in total. The lowest BCUT2D eigenvalue weighted by Crippen LogP contribution is -2.30. The summed E-state index contributed by atoms with van der Waals surface area (Å²) < 4.78 is 1.36. The minimum atomic E-state index is -0.395. The molecule has 0 saturated heterocycles. The second-order valence-electron chi connectivity index (χ2n) is 5.05. The first-order valence-corrected chi connectivity index (χ1v) is 9.86. The van der Waals surface area contributed by atoms with Crippen LogP contribution in [0.5, 0.6) is 0 Å². The molecule has 0 fully saturated rings. The fraction of sp³-hybridized carbons (Fsp3) is 0.333. The van der Waals surface area contributed by atoms with Gasteiger partial charge in [0.1, 0.15) is 0 Å². The standard InChI is InChI=1S/C15H18N4O2S3/c1-9-3-5-11(6-4-9)7-17-13(21)10(2)23-15-19-18-14(24-15)22-8-12(16)20/h3-6,10H,7-8H2,1-2H3,(H2,16,20)(H,17,21)/t10-/m0/s1. The van der Waals surface area contributed by atoms with E-state index in [4.69, 9.17) is 5.73 Å². The van der Waals surface area contributed by atoms with Crippen LogP contribution in [0.15, 0.2) is 32.9 Å². The fourth-order valence-corrected chi connectivity index (χ4v) is 4.61. The van der Waals surface area contributed by atoms with Crippen LogP contribution in [0.2, 0.25) is 0 Å². The van der Waals surface area contributed by atoms with Crippen molar-refractivity contribution in [3.63, 3.8) is 0 Å². The third-order valence-electron chi connectivity index (χ3n) is 2.96. The van der Waals surface area contributed by atoms with Gasteiger partial charge in [-0.15, -0.1) is 10.2 Å². The van der Waals surface area contributed by atoms with Crippen molar-refractivity contribution in [1.82, 2.24) is 15.5 Å². The number of benzene rings is 1. The Morgan fingerprint density at radius 2 is 1.92 bits per heavy atom. The van der Waals surface area contributed by atoms with Gasteiger partial charge in [0, 0.05) is 6.54 Å². The van der Waals surface area contributed by atoms with Crippen molar-refractivity contribution >= 4 is 46.7 Å². The van der Waals surface area contributed by atoms with E-state index >= 15 is 0 Å². The summed E-state index contributed by atoms with van der Waals surface area (Å²) in [6.07, 6.45) is 0. The maximum atomic E-state index is 12.2. The number of nitrogens with zero attached hydrogens (tertiary/aromatic N) is 2. The van der Waals surface area contributed by atoms with Gasteiger partial charge >= 0.3 is 0 Å². The van der Waals surface area contributed by atoms with Crippen molar-refractivity contribution in [2.24, 2.45) is 5.73 Å². The van der Waals surface area contributed by atoms with Gasteiger partial charge in [-0.25, -0.2) is 0 Å². The number of rotatable bonds is 8. The average molecular weight is 383 g/mol. The van der Waals surface area contributed by atoms with Gasteiger partial charge < -0.3 is 11.1 Å². The average Bonchev–Trinajstić information content (AvgIpc) is 2.99. The predicted molar refractivity (Wildman–Crippen MR) is 98.2 cm³/mol. The molecule has 2 amide bonds. The van der Waals surface area contributed by atoms with Crippen molar-refractivity contribution in [3.05, 3.63) is 35.4 Å². The van der Waals surface area contributed by atoms with E-state index in [0.717, 1.165) is 5.56 Å². The molecule has 1 aromatic carbocycles. The van der Waals surface area contributed by atoms with Gasteiger partial charge in [0.15, 0.2) is 8.68 Å². The number of primary amides is 1.